The standard InChI is InChI=1S/C24H19F2N5O2S.C13H10ClF2NO2S.C11H7ClF2N2.C11H9IN4.C6H3BF2.C5H4Cl2N2.2H2O/c1-30-13-17(11-28-30)16-5-6-31-23(12-27-24(31)9-16)22-8-15(14-34(2,32)33)7-21(29-22)19-4-3-18(25)10-20(19)26;1-20(18,19)7-8-4-12(17-13(14)5-8)10-3-2-9(15)6-11(10)16;12-11-5-7(15)4-10(16-11)8-2-1-6(13)3-9(8)14;1-15-7-9(5-14-15)8-2-3-16-10(12)6-13-11(16)4-8;7-5-2-1-4(8)3-6(5)9;6-4-1-3(8)2-5(7)9-4;;/h3-13H,14H2,1-2H3;2-6H,7H2,1H3;1-5H,(H2,15,16);2-7H,1H3;1-3H;1-2H,(H2,8,9);2*1H2. The Morgan fingerprint density at radius 2 is 0.811 bits per heavy atom. The highest BCUT2D eigenvalue weighted by Gasteiger charge is 2.19. The number of hydrogen-bond acceptors (Lipinski definition) is 14. The molecule has 10 aromatic heterocycles. The summed E-state index contributed by atoms with van der Waals surface area (Å²) in [6.07, 6.45) is 17.1. The maximum Gasteiger partial charge on any atom is 0.151 e. The fraction of sp³-hybridized carbons (Fsp3) is 0.0857. The maximum absolute atomic E-state index is 14.5. The number of imidazole rings is 2. The van der Waals surface area contributed by atoms with Crippen LogP contribution in [0.2, 0.25) is 20.6 Å². The lowest BCUT2D eigenvalue weighted by atomic mass is 9.96. The Morgan fingerprint density at radius 1 is 0.434 bits per heavy atom. The molecular weight excluding hydrogens is 1630 g/mol. The molecule has 0 spiro atoms. The number of anilines is 2. The van der Waals surface area contributed by atoms with Crippen LogP contribution in [0.3, 0.4) is 0 Å². The summed E-state index contributed by atoms with van der Waals surface area (Å²) in [5, 5.41) is 9.21. The molecule has 0 saturated heterocycles. The molecule has 0 aliphatic carbocycles. The topological polar surface area (TPSA) is 305 Å². The summed E-state index contributed by atoms with van der Waals surface area (Å²) in [6.45, 7) is 0. The number of aryl methyl sites for hydroxylation is 2. The quantitative estimate of drug-likeness (QED) is 0.0557. The van der Waals surface area contributed by atoms with Crippen LogP contribution < -0.4 is 16.9 Å². The van der Waals surface area contributed by atoms with Gasteiger partial charge in [0, 0.05) is 115 Å². The van der Waals surface area contributed by atoms with Crippen molar-refractivity contribution in [2.24, 2.45) is 14.1 Å². The number of rotatable bonds is 10. The highest BCUT2D eigenvalue weighted by molar-refractivity contribution is 14.1. The van der Waals surface area contributed by atoms with E-state index >= 15 is 0 Å². The zero-order valence-electron chi connectivity index (χ0n) is 55.4. The van der Waals surface area contributed by atoms with Crippen LogP contribution in [0.4, 0.5) is 46.5 Å². The van der Waals surface area contributed by atoms with Crippen molar-refractivity contribution >= 4 is 125 Å². The molecule has 14 rings (SSSR count). The largest absolute Gasteiger partial charge is 0.412 e. The van der Waals surface area contributed by atoms with E-state index in [1.807, 2.05) is 67.8 Å². The molecule has 36 heteroatoms. The van der Waals surface area contributed by atoms with E-state index in [4.69, 9.17) is 65.7 Å². The third kappa shape index (κ3) is 23.5. The van der Waals surface area contributed by atoms with Gasteiger partial charge in [0.15, 0.2) is 19.7 Å². The molecule has 0 aliphatic rings. The number of fused-ring (bicyclic) bond motifs is 2. The molecule has 14 aromatic rings. The van der Waals surface area contributed by atoms with Crippen LogP contribution in [0.1, 0.15) is 11.1 Å². The summed E-state index contributed by atoms with van der Waals surface area (Å²) in [5.41, 5.74) is 20.3. The van der Waals surface area contributed by atoms with Crippen molar-refractivity contribution in [2.45, 2.75) is 11.5 Å². The molecule has 10 heterocycles. The van der Waals surface area contributed by atoms with E-state index in [0.29, 0.717) is 49.8 Å². The number of hydrogen-bond donors (Lipinski definition) is 2. The second kappa shape index (κ2) is 36.4. The van der Waals surface area contributed by atoms with Crippen LogP contribution in [-0.4, -0.2) is 106 Å². The Balaban J connectivity index is 0.000000188. The molecular formula is C70H56BCl4F8IN14O6S2. The van der Waals surface area contributed by atoms with Crippen molar-refractivity contribution in [3.8, 4) is 67.4 Å². The molecule has 20 nitrogen and oxygen atoms in total. The number of nitrogen functional groups attached to an aromatic ring is 2. The van der Waals surface area contributed by atoms with Gasteiger partial charge >= 0.3 is 0 Å². The SMILES string of the molecule is CS(=O)(=O)Cc1cc(Cl)nc(-c2ccc(F)cc2F)c1.Cn1cc(-c2ccn3c(-c4cc(CS(C)(=O)=O)cc(-c5ccc(F)cc5F)n4)cnc3c2)cn1.Cn1cc(-c2ccn3c(I)cnc3c2)cn1.Nc1cc(Cl)nc(-c2ccc(F)cc2F)c1.Nc1cc(Cl)nc(Cl)c1.O.O.[B]c1ccc(F)cc1F. The number of halogens is 13. The molecule has 0 unspecified atom stereocenters. The Labute approximate surface area is 635 Å². The lowest BCUT2D eigenvalue weighted by Crippen LogP contribution is -2.07. The summed E-state index contributed by atoms with van der Waals surface area (Å²) in [4.78, 5) is 24.9. The number of sulfone groups is 2. The fourth-order valence-corrected chi connectivity index (χ4v) is 12.7. The first-order valence-electron chi connectivity index (χ1n) is 29.8. The predicted octanol–water partition coefficient (Wildman–Crippen LogP) is 14.2. The number of benzene rings is 4. The first-order valence-corrected chi connectivity index (χ1v) is 36.5. The van der Waals surface area contributed by atoms with Crippen LogP contribution in [0, 0.1) is 50.2 Å². The van der Waals surface area contributed by atoms with Crippen molar-refractivity contribution in [1.29, 1.82) is 0 Å². The first kappa shape index (κ1) is 83.4. The maximum atomic E-state index is 14.5. The minimum atomic E-state index is -3.37. The molecule has 0 bridgehead atoms. The monoisotopic (exact) mass is 1680 g/mol. The molecule has 0 fully saturated rings. The predicted molar refractivity (Wildman–Crippen MR) is 404 cm³/mol. The van der Waals surface area contributed by atoms with Gasteiger partial charge < -0.3 is 22.4 Å². The molecule has 0 atom stereocenters. The molecule has 2 radical (unpaired) electrons. The number of aromatic nitrogens is 12. The fourth-order valence-electron chi connectivity index (χ4n) is 9.67. The summed E-state index contributed by atoms with van der Waals surface area (Å²) < 4.78 is 160. The minimum absolute atomic E-state index is 0. The number of nitrogens with two attached hydrogens (primary N) is 2. The van der Waals surface area contributed by atoms with E-state index < -0.39 is 66.2 Å². The Hall–Kier alpha value is -9.91. The van der Waals surface area contributed by atoms with Crippen LogP contribution in [0.5, 0.6) is 0 Å². The normalized spacial score (nSPS) is 10.9. The van der Waals surface area contributed by atoms with Crippen LogP contribution in [-0.2, 0) is 45.3 Å². The highest BCUT2D eigenvalue weighted by Crippen LogP contribution is 2.32. The van der Waals surface area contributed by atoms with E-state index in [0.717, 1.165) is 92.6 Å². The summed E-state index contributed by atoms with van der Waals surface area (Å²) in [6, 6.07) is 32.4. The van der Waals surface area contributed by atoms with E-state index in [2.05, 4.69) is 79.2 Å². The average molecular weight is 1680 g/mol. The molecule has 8 N–H and O–H groups in total. The van der Waals surface area contributed by atoms with Gasteiger partial charge in [0.05, 0.1) is 64.8 Å². The van der Waals surface area contributed by atoms with E-state index in [-0.39, 0.29) is 72.0 Å². The second-order valence-electron chi connectivity index (χ2n) is 22.6. The van der Waals surface area contributed by atoms with Crippen molar-refractivity contribution in [3.05, 3.63) is 277 Å². The Kier molecular flexibility index (Phi) is 28.6. The number of nitrogens with zero attached hydrogens (tertiary/aromatic N) is 12. The van der Waals surface area contributed by atoms with Crippen molar-refractivity contribution in [2.75, 3.05) is 24.0 Å². The number of pyridine rings is 6. The van der Waals surface area contributed by atoms with Crippen molar-refractivity contribution in [3.63, 3.8) is 0 Å². The van der Waals surface area contributed by atoms with Gasteiger partial charge in [0.25, 0.3) is 0 Å². The van der Waals surface area contributed by atoms with Gasteiger partial charge in [-0.25, -0.2) is 81.9 Å². The lowest BCUT2D eigenvalue weighted by Gasteiger charge is -2.10. The molecule has 0 amide bonds. The second-order valence-corrected chi connectivity index (χ2v) is 29.5. The molecule has 548 valence electrons. The van der Waals surface area contributed by atoms with Crippen molar-refractivity contribution < 1.29 is 62.9 Å². The van der Waals surface area contributed by atoms with Crippen LogP contribution in [0.25, 0.3) is 78.7 Å². The Bertz CT molecular complexity index is 5660. The zero-order valence-corrected chi connectivity index (χ0v) is 62.2. The van der Waals surface area contributed by atoms with Gasteiger partial charge in [0.2, 0.25) is 0 Å². The third-order valence-electron chi connectivity index (χ3n) is 14.1. The lowest BCUT2D eigenvalue weighted by molar-refractivity contribution is 0.584. The smallest absolute Gasteiger partial charge is 0.151 e. The van der Waals surface area contributed by atoms with Gasteiger partial charge in [-0.15, -0.1) is 0 Å². The summed E-state index contributed by atoms with van der Waals surface area (Å²) in [5.74, 6) is -6.13. The average Bonchev–Trinajstić information content (AvgIpc) is 1.59. The summed E-state index contributed by atoms with van der Waals surface area (Å²) >= 11 is 24.7. The van der Waals surface area contributed by atoms with Gasteiger partial charge in [-0.3, -0.25) is 18.2 Å². The van der Waals surface area contributed by atoms with Crippen LogP contribution in [0.15, 0.2) is 195 Å². The van der Waals surface area contributed by atoms with E-state index in [9.17, 15) is 52.0 Å². The van der Waals surface area contributed by atoms with Crippen molar-refractivity contribution in [1.82, 2.24) is 58.3 Å². The molecule has 0 saturated carbocycles. The van der Waals surface area contributed by atoms with Gasteiger partial charge in [-0.05, 0) is 160 Å². The van der Waals surface area contributed by atoms with E-state index in [1.54, 1.807) is 27.8 Å². The van der Waals surface area contributed by atoms with Gasteiger partial charge in [-0.1, -0.05) is 57.9 Å². The molecule has 4 aromatic carbocycles. The van der Waals surface area contributed by atoms with Gasteiger partial charge in [0.1, 0.15) is 90.0 Å². The third-order valence-corrected chi connectivity index (χ3v) is 17.4. The first-order chi connectivity index (χ1) is 49.1. The molecule has 106 heavy (non-hydrogen) atoms. The minimum Gasteiger partial charge on any atom is -0.412 e. The van der Waals surface area contributed by atoms with Gasteiger partial charge in [-0.2, -0.15) is 10.2 Å². The zero-order chi connectivity index (χ0) is 75.5. The summed E-state index contributed by atoms with van der Waals surface area (Å²) in [7, 11) is 2.19. The highest BCUT2D eigenvalue weighted by atomic mass is 127. The molecule has 0 aliphatic heterocycles. The Morgan fingerprint density at radius 3 is 1.23 bits per heavy atom. The van der Waals surface area contributed by atoms with Crippen LogP contribution >= 0.6 is 69.0 Å². The van der Waals surface area contributed by atoms with E-state index in [1.165, 1.54) is 66.7 Å².